The smallest absolute Gasteiger partial charge is 0.247 e. The van der Waals surface area contributed by atoms with Gasteiger partial charge in [-0.2, -0.15) is 0 Å². The zero-order valence-corrected chi connectivity index (χ0v) is 18.2. The summed E-state index contributed by atoms with van der Waals surface area (Å²) in [5.41, 5.74) is 0. The maximum Gasteiger partial charge on any atom is 0.247 e. The summed E-state index contributed by atoms with van der Waals surface area (Å²) in [6.07, 6.45) is 7.19. The number of unbranched alkanes of at least 4 members (excludes halogenated alkanes) is 3. The molecule has 1 rings (SSSR count). The Balaban J connectivity index is 2.97. The Labute approximate surface area is 170 Å². The molecule has 0 aliphatic heterocycles. The average molecular weight is 423 g/mol. The van der Waals surface area contributed by atoms with E-state index in [4.69, 9.17) is 34.8 Å². The molecule has 1 amide bonds. The second-order valence-electron chi connectivity index (χ2n) is 5.73. The molecular formula is C19H26Cl3NOS. The van der Waals surface area contributed by atoms with E-state index < -0.39 is 0 Å². The molecule has 0 aromatic heterocycles. The quantitative estimate of drug-likeness (QED) is 0.169. The molecule has 1 aromatic rings. The van der Waals surface area contributed by atoms with Gasteiger partial charge in [-0.25, -0.2) is 0 Å². The minimum absolute atomic E-state index is 0.0409. The first-order chi connectivity index (χ1) is 11.9. The van der Waals surface area contributed by atoms with Crippen molar-refractivity contribution < 1.29 is 4.79 Å². The first kappa shape index (κ1) is 22.7. The SMILES string of the molecule is CCCCCC/C(=C/C(=O)N(CC)CC)Sc1cc(Cl)c(Cl)cc1Cl. The second-order valence-corrected chi connectivity index (χ2v) is 8.12. The molecule has 6 heteroatoms. The molecule has 0 bridgehead atoms. The maximum absolute atomic E-state index is 12.5. The summed E-state index contributed by atoms with van der Waals surface area (Å²) in [7, 11) is 0. The molecule has 0 saturated heterocycles. The first-order valence-electron chi connectivity index (χ1n) is 8.74. The van der Waals surface area contributed by atoms with Gasteiger partial charge in [0.1, 0.15) is 0 Å². The van der Waals surface area contributed by atoms with Crippen LogP contribution in [0.5, 0.6) is 0 Å². The predicted octanol–water partition coefficient (Wildman–Crippen LogP) is 7.46. The monoisotopic (exact) mass is 421 g/mol. The predicted molar refractivity (Wildman–Crippen MR) is 112 cm³/mol. The van der Waals surface area contributed by atoms with E-state index in [1.165, 1.54) is 24.6 Å². The van der Waals surface area contributed by atoms with Gasteiger partial charge >= 0.3 is 0 Å². The van der Waals surface area contributed by atoms with Crippen molar-refractivity contribution in [1.82, 2.24) is 4.90 Å². The number of rotatable bonds is 10. The Bertz CT molecular complexity index is 601. The van der Waals surface area contributed by atoms with Crippen molar-refractivity contribution in [3.05, 3.63) is 38.2 Å². The van der Waals surface area contributed by atoms with E-state index in [0.717, 1.165) is 29.1 Å². The van der Waals surface area contributed by atoms with Gasteiger partial charge in [-0.15, -0.1) is 0 Å². The summed E-state index contributed by atoms with van der Waals surface area (Å²) in [6, 6.07) is 3.41. The molecule has 1 aromatic carbocycles. The highest BCUT2D eigenvalue weighted by atomic mass is 35.5. The van der Waals surface area contributed by atoms with E-state index in [9.17, 15) is 4.79 Å². The summed E-state index contributed by atoms with van der Waals surface area (Å²) in [6.45, 7) is 7.56. The van der Waals surface area contributed by atoms with Gasteiger partial charge in [-0.1, -0.05) is 72.8 Å². The van der Waals surface area contributed by atoms with Gasteiger partial charge in [0.15, 0.2) is 0 Å². The molecule has 2 nitrogen and oxygen atoms in total. The molecule has 0 radical (unpaired) electrons. The lowest BCUT2D eigenvalue weighted by molar-refractivity contribution is -0.125. The third-order valence-electron chi connectivity index (χ3n) is 3.85. The summed E-state index contributed by atoms with van der Waals surface area (Å²) in [5, 5.41) is 1.45. The van der Waals surface area contributed by atoms with E-state index in [2.05, 4.69) is 6.92 Å². The number of allylic oxidation sites excluding steroid dienone is 1. The van der Waals surface area contributed by atoms with Crippen molar-refractivity contribution in [3.8, 4) is 0 Å². The molecule has 0 fully saturated rings. The molecule has 0 atom stereocenters. The molecule has 0 unspecified atom stereocenters. The third-order valence-corrected chi connectivity index (χ3v) is 6.14. The average Bonchev–Trinajstić information content (AvgIpc) is 2.57. The number of benzene rings is 1. The number of nitrogens with zero attached hydrogens (tertiary/aromatic N) is 1. The van der Waals surface area contributed by atoms with Gasteiger partial charge < -0.3 is 4.90 Å². The zero-order valence-electron chi connectivity index (χ0n) is 15.1. The molecule has 0 heterocycles. The van der Waals surface area contributed by atoms with Crippen molar-refractivity contribution in [1.29, 1.82) is 0 Å². The lowest BCUT2D eigenvalue weighted by atomic mass is 10.1. The molecule has 0 saturated carbocycles. The van der Waals surface area contributed by atoms with E-state index in [1.54, 1.807) is 18.2 Å². The van der Waals surface area contributed by atoms with Crippen molar-refractivity contribution >= 4 is 52.5 Å². The topological polar surface area (TPSA) is 20.3 Å². The number of hydrogen-bond acceptors (Lipinski definition) is 2. The zero-order chi connectivity index (χ0) is 18.8. The number of thioether (sulfide) groups is 1. The van der Waals surface area contributed by atoms with Gasteiger partial charge in [0.05, 0.1) is 15.1 Å². The van der Waals surface area contributed by atoms with Gasteiger partial charge in [0, 0.05) is 24.1 Å². The fourth-order valence-corrected chi connectivity index (χ4v) is 4.12. The lowest BCUT2D eigenvalue weighted by Crippen LogP contribution is -2.28. The maximum atomic E-state index is 12.5. The minimum atomic E-state index is 0.0409. The highest BCUT2D eigenvalue weighted by Crippen LogP contribution is 2.39. The molecule has 0 spiro atoms. The van der Waals surface area contributed by atoms with Crippen LogP contribution in [-0.4, -0.2) is 23.9 Å². The molecule has 25 heavy (non-hydrogen) atoms. The van der Waals surface area contributed by atoms with Crippen molar-refractivity contribution in [2.75, 3.05) is 13.1 Å². The molecule has 0 aliphatic carbocycles. The van der Waals surface area contributed by atoms with E-state index >= 15 is 0 Å². The van der Waals surface area contributed by atoms with Crippen molar-refractivity contribution in [3.63, 3.8) is 0 Å². The number of carbonyl (C=O) groups is 1. The first-order valence-corrected chi connectivity index (χ1v) is 10.7. The van der Waals surface area contributed by atoms with Crippen molar-refractivity contribution in [2.24, 2.45) is 0 Å². The highest BCUT2D eigenvalue weighted by Gasteiger charge is 2.13. The van der Waals surface area contributed by atoms with Crippen LogP contribution in [0.25, 0.3) is 0 Å². The lowest BCUT2D eigenvalue weighted by Gasteiger charge is -2.17. The van der Waals surface area contributed by atoms with Crippen LogP contribution in [0.4, 0.5) is 0 Å². The minimum Gasteiger partial charge on any atom is -0.340 e. The Morgan fingerprint density at radius 1 is 1.00 bits per heavy atom. The summed E-state index contributed by atoms with van der Waals surface area (Å²) < 4.78 is 0. The number of amides is 1. The van der Waals surface area contributed by atoms with E-state index in [-0.39, 0.29) is 5.91 Å². The Kier molecular flexibility index (Phi) is 11.0. The Morgan fingerprint density at radius 2 is 1.64 bits per heavy atom. The van der Waals surface area contributed by atoms with Crippen LogP contribution in [-0.2, 0) is 4.79 Å². The van der Waals surface area contributed by atoms with Crippen LogP contribution < -0.4 is 0 Å². The number of likely N-dealkylation sites (N-methyl/N-ethyl adjacent to an activating group) is 1. The summed E-state index contributed by atoms with van der Waals surface area (Å²) in [4.78, 5) is 16.1. The number of halogens is 3. The number of carbonyl (C=O) groups excluding carboxylic acids is 1. The Morgan fingerprint density at radius 3 is 2.24 bits per heavy atom. The molecular weight excluding hydrogens is 397 g/mol. The van der Waals surface area contributed by atoms with Crippen LogP contribution >= 0.6 is 46.6 Å². The summed E-state index contributed by atoms with van der Waals surface area (Å²) in [5.74, 6) is 0.0409. The number of hydrogen-bond donors (Lipinski definition) is 0. The van der Waals surface area contributed by atoms with Crippen LogP contribution in [0.2, 0.25) is 15.1 Å². The fraction of sp³-hybridized carbons (Fsp3) is 0.526. The van der Waals surface area contributed by atoms with E-state index in [1.807, 2.05) is 18.7 Å². The van der Waals surface area contributed by atoms with Crippen LogP contribution in [0.1, 0.15) is 52.9 Å². The van der Waals surface area contributed by atoms with Crippen LogP contribution in [0, 0.1) is 0 Å². The molecule has 140 valence electrons. The van der Waals surface area contributed by atoms with Gasteiger partial charge in [-0.05, 0) is 43.7 Å². The van der Waals surface area contributed by atoms with Crippen LogP contribution in [0.15, 0.2) is 28.0 Å². The third kappa shape index (κ3) is 7.82. The second kappa shape index (κ2) is 12.1. The molecule has 0 aliphatic rings. The largest absolute Gasteiger partial charge is 0.340 e. The van der Waals surface area contributed by atoms with Gasteiger partial charge in [0.2, 0.25) is 5.91 Å². The van der Waals surface area contributed by atoms with E-state index in [0.29, 0.717) is 28.2 Å². The molecule has 0 N–H and O–H groups in total. The fourth-order valence-electron chi connectivity index (χ4n) is 2.37. The summed E-state index contributed by atoms with van der Waals surface area (Å²) >= 11 is 19.9. The standard InChI is InChI=1S/C19H26Cl3NOS/c1-4-7-8-9-10-14(11-19(24)23(5-2)6-3)25-18-13-16(21)15(20)12-17(18)22/h11-13H,4-10H2,1-3H3/b14-11-. The van der Waals surface area contributed by atoms with Gasteiger partial charge in [-0.3, -0.25) is 4.79 Å². The van der Waals surface area contributed by atoms with Crippen molar-refractivity contribution in [2.45, 2.75) is 57.8 Å². The van der Waals surface area contributed by atoms with Crippen LogP contribution in [0.3, 0.4) is 0 Å². The highest BCUT2D eigenvalue weighted by molar-refractivity contribution is 8.03. The normalized spacial score (nSPS) is 11.7. The van der Waals surface area contributed by atoms with Gasteiger partial charge in [0.25, 0.3) is 0 Å². The Hall–Kier alpha value is -0.350.